The highest BCUT2D eigenvalue weighted by Crippen LogP contribution is 2.03. The molecule has 1 rings (SSSR count). The lowest BCUT2D eigenvalue weighted by Crippen LogP contribution is -2.54. The Morgan fingerprint density at radius 3 is 2.73 bits per heavy atom. The van der Waals surface area contributed by atoms with Gasteiger partial charge < -0.3 is 10.6 Å². The fourth-order valence-corrected chi connectivity index (χ4v) is 1.76. The number of nitrogens with zero attached hydrogens (tertiary/aromatic N) is 1. The minimum Gasteiger partial charge on any atom is -0.350 e. The third-order valence-electron chi connectivity index (χ3n) is 2.50. The van der Waals surface area contributed by atoms with E-state index < -0.39 is 0 Å². The molecule has 4 nitrogen and oxygen atoms in total. The lowest BCUT2D eigenvalue weighted by atomic mass is 10.1. The quantitative estimate of drug-likeness (QED) is 0.688. The number of rotatable bonds is 2. The third kappa shape index (κ3) is 4.62. The zero-order chi connectivity index (χ0) is 11.5. The fraction of sp³-hybridized carbons (Fsp3) is 0.909. The van der Waals surface area contributed by atoms with Gasteiger partial charge >= 0.3 is 0 Å². The molecule has 1 saturated heterocycles. The van der Waals surface area contributed by atoms with Crippen LogP contribution in [0.1, 0.15) is 27.7 Å². The molecule has 0 aliphatic carbocycles. The summed E-state index contributed by atoms with van der Waals surface area (Å²) >= 11 is 0. The van der Waals surface area contributed by atoms with Crippen molar-refractivity contribution < 1.29 is 4.79 Å². The second kappa shape index (κ2) is 4.94. The summed E-state index contributed by atoms with van der Waals surface area (Å²) in [7, 11) is 0. The summed E-state index contributed by atoms with van der Waals surface area (Å²) in [5, 5.41) is 6.30. The Hall–Kier alpha value is -0.610. The van der Waals surface area contributed by atoms with Crippen molar-refractivity contribution in [3.63, 3.8) is 0 Å². The molecule has 1 aliphatic rings. The Kier molecular flexibility index (Phi) is 4.11. The van der Waals surface area contributed by atoms with Crippen LogP contribution < -0.4 is 10.6 Å². The lowest BCUT2D eigenvalue weighted by molar-refractivity contribution is -0.124. The van der Waals surface area contributed by atoms with Gasteiger partial charge in [0.15, 0.2) is 0 Å². The van der Waals surface area contributed by atoms with Crippen LogP contribution in [-0.4, -0.2) is 48.6 Å². The fourth-order valence-electron chi connectivity index (χ4n) is 1.76. The summed E-state index contributed by atoms with van der Waals surface area (Å²) in [5.41, 5.74) is -0.131. The maximum atomic E-state index is 11.7. The molecule has 0 aromatic rings. The van der Waals surface area contributed by atoms with Gasteiger partial charge in [-0.1, -0.05) is 0 Å². The lowest BCUT2D eigenvalue weighted by Gasteiger charge is -2.34. The number of carbonyl (C=O) groups is 1. The molecule has 1 fully saturated rings. The maximum Gasteiger partial charge on any atom is 0.234 e. The van der Waals surface area contributed by atoms with E-state index in [1.807, 2.05) is 20.8 Å². The second-order valence-corrected chi connectivity index (χ2v) is 5.32. The molecule has 0 radical (unpaired) electrons. The maximum absolute atomic E-state index is 11.7. The van der Waals surface area contributed by atoms with Crippen molar-refractivity contribution in [1.29, 1.82) is 0 Å². The molecule has 0 spiro atoms. The van der Waals surface area contributed by atoms with Crippen LogP contribution in [0, 0.1) is 0 Å². The molecule has 0 bridgehead atoms. The van der Waals surface area contributed by atoms with E-state index in [1.54, 1.807) is 0 Å². The van der Waals surface area contributed by atoms with E-state index in [2.05, 4.69) is 22.5 Å². The Balaban J connectivity index is 2.36. The van der Waals surface area contributed by atoms with Crippen LogP contribution in [0.2, 0.25) is 0 Å². The summed E-state index contributed by atoms with van der Waals surface area (Å²) in [6, 6.07) is 0.449. The van der Waals surface area contributed by atoms with Crippen LogP contribution in [0.4, 0.5) is 0 Å². The van der Waals surface area contributed by atoms with Crippen LogP contribution in [0.3, 0.4) is 0 Å². The summed E-state index contributed by atoms with van der Waals surface area (Å²) in [6.45, 7) is 11.6. The van der Waals surface area contributed by atoms with Gasteiger partial charge in [0, 0.05) is 31.2 Å². The van der Waals surface area contributed by atoms with Crippen molar-refractivity contribution >= 4 is 5.91 Å². The molecule has 1 amide bonds. The molecular weight excluding hydrogens is 190 g/mol. The molecule has 0 saturated carbocycles. The van der Waals surface area contributed by atoms with Gasteiger partial charge in [-0.3, -0.25) is 9.69 Å². The van der Waals surface area contributed by atoms with Gasteiger partial charge in [0.2, 0.25) is 5.91 Å². The molecule has 88 valence electrons. The van der Waals surface area contributed by atoms with Crippen LogP contribution >= 0.6 is 0 Å². The predicted octanol–water partition coefficient (Wildman–Crippen LogP) is 0.195. The standard InChI is InChI=1S/C11H23N3O/c1-9-7-12-5-6-14(9)8-10(15)13-11(2,3)4/h9,12H,5-8H2,1-4H3,(H,13,15)/t9-/m0/s1. The van der Waals surface area contributed by atoms with E-state index in [-0.39, 0.29) is 11.4 Å². The van der Waals surface area contributed by atoms with Gasteiger partial charge in [0.25, 0.3) is 0 Å². The van der Waals surface area contributed by atoms with Crippen LogP contribution in [0.25, 0.3) is 0 Å². The first-order valence-corrected chi connectivity index (χ1v) is 5.64. The molecular formula is C11H23N3O. The molecule has 1 atom stereocenters. The summed E-state index contributed by atoms with van der Waals surface area (Å²) in [6.07, 6.45) is 0. The molecule has 1 aliphatic heterocycles. The molecule has 0 aromatic carbocycles. The van der Waals surface area contributed by atoms with Gasteiger partial charge in [-0.25, -0.2) is 0 Å². The first-order chi connectivity index (χ1) is 6.88. The highest BCUT2D eigenvalue weighted by Gasteiger charge is 2.22. The highest BCUT2D eigenvalue weighted by molar-refractivity contribution is 5.78. The van der Waals surface area contributed by atoms with Crippen LogP contribution in [-0.2, 0) is 4.79 Å². The number of carbonyl (C=O) groups excluding carboxylic acids is 1. The molecule has 15 heavy (non-hydrogen) atoms. The Bertz CT molecular complexity index is 222. The number of piperazine rings is 1. The van der Waals surface area contributed by atoms with Crippen molar-refractivity contribution in [3.05, 3.63) is 0 Å². The first kappa shape index (κ1) is 12.5. The SMILES string of the molecule is C[C@H]1CNCCN1CC(=O)NC(C)(C)C. The number of amides is 1. The van der Waals surface area contributed by atoms with E-state index >= 15 is 0 Å². The van der Waals surface area contributed by atoms with E-state index in [9.17, 15) is 4.79 Å². The molecule has 2 N–H and O–H groups in total. The molecule has 0 aromatic heterocycles. The minimum absolute atomic E-state index is 0.122. The number of nitrogens with one attached hydrogen (secondary N) is 2. The first-order valence-electron chi connectivity index (χ1n) is 5.64. The normalized spacial score (nSPS) is 23.9. The Morgan fingerprint density at radius 1 is 1.53 bits per heavy atom. The number of hydrogen-bond acceptors (Lipinski definition) is 3. The summed E-state index contributed by atoms with van der Waals surface area (Å²) in [4.78, 5) is 13.9. The Morgan fingerprint density at radius 2 is 2.20 bits per heavy atom. The van der Waals surface area contributed by atoms with E-state index in [0.717, 1.165) is 19.6 Å². The van der Waals surface area contributed by atoms with Crippen molar-refractivity contribution in [2.75, 3.05) is 26.2 Å². The average molecular weight is 213 g/mol. The zero-order valence-electron chi connectivity index (χ0n) is 10.3. The Labute approximate surface area is 92.4 Å². The van der Waals surface area contributed by atoms with E-state index in [1.165, 1.54) is 0 Å². The van der Waals surface area contributed by atoms with Crippen LogP contribution in [0.15, 0.2) is 0 Å². The smallest absolute Gasteiger partial charge is 0.234 e. The van der Waals surface area contributed by atoms with Crippen molar-refractivity contribution in [3.8, 4) is 0 Å². The van der Waals surface area contributed by atoms with Gasteiger partial charge in [-0.05, 0) is 27.7 Å². The average Bonchev–Trinajstić information content (AvgIpc) is 2.05. The predicted molar refractivity (Wildman–Crippen MR) is 61.8 cm³/mol. The summed E-state index contributed by atoms with van der Waals surface area (Å²) < 4.78 is 0. The van der Waals surface area contributed by atoms with Crippen molar-refractivity contribution in [2.45, 2.75) is 39.3 Å². The zero-order valence-corrected chi connectivity index (χ0v) is 10.3. The van der Waals surface area contributed by atoms with Gasteiger partial charge in [0.1, 0.15) is 0 Å². The monoisotopic (exact) mass is 213 g/mol. The van der Waals surface area contributed by atoms with Gasteiger partial charge in [0.05, 0.1) is 6.54 Å². The molecule has 4 heteroatoms. The molecule has 1 heterocycles. The van der Waals surface area contributed by atoms with E-state index in [0.29, 0.717) is 12.6 Å². The van der Waals surface area contributed by atoms with Crippen molar-refractivity contribution in [1.82, 2.24) is 15.5 Å². The van der Waals surface area contributed by atoms with E-state index in [4.69, 9.17) is 0 Å². The number of hydrogen-bond donors (Lipinski definition) is 2. The van der Waals surface area contributed by atoms with Crippen LogP contribution in [0.5, 0.6) is 0 Å². The highest BCUT2D eigenvalue weighted by atomic mass is 16.2. The minimum atomic E-state index is -0.131. The van der Waals surface area contributed by atoms with Crippen molar-refractivity contribution in [2.24, 2.45) is 0 Å². The topological polar surface area (TPSA) is 44.4 Å². The van der Waals surface area contributed by atoms with Gasteiger partial charge in [-0.2, -0.15) is 0 Å². The second-order valence-electron chi connectivity index (χ2n) is 5.32. The summed E-state index contributed by atoms with van der Waals surface area (Å²) in [5.74, 6) is 0.122. The largest absolute Gasteiger partial charge is 0.350 e. The van der Waals surface area contributed by atoms with Gasteiger partial charge in [-0.15, -0.1) is 0 Å². The molecule has 0 unspecified atom stereocenters. The third-order valence-corrected chi connectivity index (χ3v) is 2.50.